The van der Waals surface area contributed by atoms with Crippen LogP contribution >= 0.6 is 11.6 Å². The van der Waals surface area contributed by atoms with Crippen molar-refractivity contribution < 1.29 is 14.3 Å². The number of rotatable bonds is 9. The van der Waals surface area contributed by atoms with E-state index in [2.05, 4.69) is 10.6 Å². The van der Waals surface area contributed by atoms with E-state index in [-0.39, 0.29) is 18.2 Å². The highest BCUT2D eigenvalue weighted by atomic mass is 35.5. The molecule has 0 aliphatic heterocycles. The summed E-state index contributed by atoms with van der Waals surface area (Å²) in [5, 5.41) is 6.09. The number of carbonyl (C=O) groups is 2. The highest BCUT2D eigenvalue weighted by molar-refractivity contribution is 6.30. The topological polar surface area (TPSA) is 70.7 Å². The number of carbonyl (C=O) groups excluding carboxylic acids is 2. The van der Waals surface area contributed by atoms with E-state index in [1.165, 1.54) is 0 Å². The molecule has 2 aromatic rings. The van der Waals surface area contributed by atoms with Gasteiger partial charge >= 0.3 is 0 Å². The smallest absolute Gasteiger partial charge is 0.233 e. The molecule has 0 heterocycles. The summed E-state index contributed by atoms with van der Waals surface area (Å²) in [4.78, 5) is 25.6. The summed E-state index contributed by atoms with van der Waals surface area (Å²) in [5.74, 6) is 0.0360. The number of anilines is 1. The van der Waals surface area contributed by atoms with Gasteiger partial charge in [0, 0.05) is 23.8 Å². The number of hydrogen-bond donors (Lipinski definition) is 2. The van der Waals surface area contributed by atoms with E-state index in [1.54, 1.807) is 24.3 Å². The standard InChI is InChI=1S/C20H24ClN3O3/c1-24(2)12-11-22-19(25)13-20(26)23-17-7-9-18(10-8-17)27-14-15-3-5-16(21)6-4-15/h3-10H,11-14H2,1-2H3,(H,22,25)(H,23,26). The van der Waals surface area contributed by atoms with Crippen molar-refractivity contribution in [3.8, 4) is 5.75 Å². The minimum Gasteiger partial charge on any atom is -0.489 e. The first kappa shape index (κ1) is 20.7. The summed E-state index contributed by atoms with van der Waals surface area (Å²) in [6.45, 7) is 1.67. The zero-order chi connectivity index (χ0) is 19.6. The number of ether oxygens (including phenoxy) is 1. The van der Waals surface area contributed by atoms with Crippen LogP contribution in [0.2, 0.25) is 5.02 Å². The molecule has 27 heavy (non-hydrogen) atoms. The van der Waals surface area contributed by atoms with Crippen molar-refractivity contribution in [1.29, 1.82) is 0 Å². The number of amides is 2. The predicted molar refractivity (Wildman–Crippen MR) is 107 cm³/mol. The van der Waals surface area contributed by atoms with E-state index >= 15 is 0 Å². The average molecular weight is 390 g/mol. The van der Waals surface area contributed by atoms with Crippen molar-refractivity contribution in [2.75, 3.05) is 32.5 Å². The number of nitrogens with one attached hydrogen (secondary N) is 2. The molecule has 0 aromatic heterocycles. The molecule has 0 unspecified atom stereocenters. The fourth-order valence-corrected chi connectivity index (χ4v) is 2.34. The minimum atomic E-state index is -0.354. The van der Waals surface area contributed by atoms with Gasteiger partial charge in [0.2, 0.25) is 11.8 Å². The van der Waals surface area contributed by atoms with Crippen LogP contribution in [-0.4, -0.2) is 43.9 Å². The quantitative estimate of drug-likeness (QED) is 0.647. The number of likely N-dealkylation sites (N-methyl/N-ethyl adjacent to an activating group) is 1. The van der Waals surface area contributed by atoms with Crippen LogP contribution in [0.3, 0.4) is 0 Å². The summed E-state index contributed by atoms with van der Waals surface area (Å²) >= 11 is 5.85. The van der Waals surface area contributed by atoms with Gasteiger partial charge in [-0.25, -0.2) is 0 Å². The molecule has 0 spiro atoms. The second-order valence-electron chi connectivity index (χ2n) is 6.32. The van der Waals surface area contributed by atoms with Gasteiger partial charge in [-0.1, -0.05) is 23.7 Å². The van der Waals surface area contributed by atoms with Crippen molar-refractivity contribution in [3.05, 3.63) is 59.1 Å². The Labute approximate surface area is 164 Å². The number of halogens is 1. The first-order valence-electron chi connectivity index (χ1n) is 8.61. The third-order valence-electron chi connectivity index (χ3n) is 3.66. The number of nitrogens with zero attached hydrogens (tertiary/aromatic N) is 1. The van der Waals surface area contributed by atoms with Crippen molar-refractivity contribution in [3.63, 3.8) is 0 Å². The first-order valence-corrected chi connectivity index (χ1v) is 8.99. The summed E-state index contributed by atoms with van der Waals surface area (Å²) in [6.07, 6.45) is -0.206. The number of hydrogen-bond acceptors (Lipinski definition) is 4. The molecule has 0 fully saturated rings. The van der Waals surface area contributed by atoms with E-state index in [0.29, 0.717) is 29.6 Å². The molecule has 2 rings (SSSR count). The molecule has 0 bridgehead atoms. The maximum absolute atomic E-state index is 11.9. The zero-order valence-corrected chi connectivity index (χ0v) is 16.3. The van der Waals surface area contributed by atoms with Crippen LogP contribution in [0.15, 0.2) is 48.5 Å². The largest absolute Gasteiger partial charge is 0.489 e. The third-order valence-corrected chi connectivity index (χ3v) is 3.91. The molecule has 2 aromatic carbocycles. The molecular formula is C20H24ClN3O3. The molecule has 6 nitrogen and oxygen atoms in total. The van der Waals surface area contributed by atoms with Gasteiger partial charge in [-0.15, -0.1) is 0 Å². The van der Waals surface area contributed by atoms with Crippen molar-refractivity contribution in [1.82, 2.24) is 10.2 Å². The molecule has 2 N–H and O–H groups in total. The third kappa shape index (κ3) is 8.11. The van der Waals surface area contributed by atoms with Crippen LogP contribution in [0.5, 0.6) is 5.75 Å². The van der Waals surface area contributed by atoms with Crippen LogP contribution in [0.25, 0.3) is 0 Å². The predicted octanol–water partition coefficient (Wildman–Crippen LogP) is 2.93. The second kappa shape index (κ2) is 10.5. The Balaban J connectivity index is 1.75. The lowest BCUT2D eigenvalue weighted by Gasteiger charge is -2.11. The van der Waals surface area contributed by atoms with E-state index < -0.39 is 0 Å². The highest BCUT2D eigenvalue weighted by Gasteiger charge is 2.09. The van der Waals surface area contributed by atoms with Crippen molar-refractivity contribution >= 4 is 29.1 Å². The molecule has 0 atom stereocenters. The van der Waals surface area contributed by atoms with Gasteiger partial charge in [0.1, 0.15) is 18.8 Å². The molecule has 2 amide bonds. The van der Waals surface area contributed by atoms with Gasteiger partial charge in [-0.05, 0) is 56.1 Å². The Bertz CT molecular complexity index is 746. The highest BCUT2D eigenvalue weighted by Crippen LogP contribution is 2.18. The fraction of sp³-hybridized carbons (Fsp3) is 0.300. The Kier molecular flexibility index (Phi) is 8.10. The summed E-state index contributed by atoms with van der Waals surface area (Å²) in [5.41, 5.74) is 1.62. The van der Waals surface area contributed by atoms with Gasteiger partial charge in [0.15, 0.2) is 0 Å². The van der Waals surface area contributed by atoms with Gasteiger partial charge in [-0.2, -0.15) is 0 Å². The van der Waals surface area contributed by atoms with Crippen LogP contribution in [0.1, 0.15) is 12.0 Å². The molecule has 7 heteroatoms. The zero-order valence-electron chi connectivity index (χ0n) is 15.5. The van der Waals surface area contributed by atoms with Gasteiger partial charge < -0.3 is 20.3 Å². The summed E-state index contributed by atoms with van der Waals surface area (Å²) in [7, 11) is 3.84. The van der Waals surface area contributed by atoms with E-state index in [1.807, 2.05) is 43.3 Å². The molecular weight excluding hydrogens is 366 g/mol. The maximum Gasteiger partial charge on any atom is 0.233 e. The molecule has 0 saturated heterocycles. The molecule has 0 aliphatic carbocycles. The van der Waals surface area contributed by atoms with Crippen molar-refractivity contribution in [2.24, 2.45) is 0 Å². The Hall–Kier alpha value is -2.57. The number of benzene rings is 2. The lowest BCUT2D eigenvalue weighted by Crippen LogP contribution is -2.33. The second-order valence-corrected chi connectivity index (χ2v) is 6.75. The molecule has 0 radical (unpaired) electrons. The molecule has 0 aliphatic rings. The van der Waals surface area contributed by atoms with Gasteiger partial charge in [-0.3, -0.25) is 9.59 Å². The van der Waals surface area contributed by atoms with Crippen molar-refractivity contribution in [2.45, 2.75) is 13.0 Å². The fourth-order valence-electron chi connectivity index (χ4n) is 2.21. The van der Waals surface area contributed by atoms with Crippen LogP contribution in [0, 0.1) is 0 Å². The SMILES string of the molecule is CN(C)CCNC(=O)CC(=O)Nc1ccc(OCc2ccc(Cl)cc2)cc1. The minimum absolute atomic E-state index is 0.206. The molecule has 144 valence electrons. The van der Waals surface area contributed by atoms with E-state index in [0.717, 1.165) is 12.1 Å². The van der Waals surface area contributed by atoms with Gasteiger partial charge in [0.25, 0.3) is 0 Å². The Morgan fingerprint density at radius 1 is 1.00 bits per heavy atom. The monoisotopic (exact) mass is 389 g/mol. The average Bonchev–Trinajstić information content (AvgIpc) is 2.62. The van der Waals surface area contributed by atoms with Crippen LogP contribution in [0.4, 0.5) is 5.69 Å². The summed E-state index contributed by atoms with van der Waals surface area (Å²) in [6, 6.07) is 14.4. The first-order chi connectivity index (χ1) is 12.9. The van der Waals surface area contributed by atoms with Gasteiger partial charge in [0.05, 0.1) is 0 Å². The maximum atomic E-state index is 11.9. The summed E-state index contributed by atoms with van der Waals surface area (Å²) < 4.78 is 5.70. The Morgan fingerprint density at radius 3 is 2.30 bits per heavy atom. The lowest BCUT2D eigenvalue weighted by molar-refractivity contribution is -0.126. The van der Waals surface area contributed by atoms with Crippen LogP contribution < -0.4 is 15.4 Å². The van der Waals surface area contributed by atoms with E-state index in [4.69, 9.17) is 16.3 Å². The van der Waals surface area contributed by atoms with Crippen LogP contribution in [-0.2, 0) is 16.2 Å². The Morgan fingerprint density at radius 2 is 1.67 bits per heavy atom. The lowest BCUT2D eigenvalue weighted by atomic mass is 10.2. The molecule has 0 saturated carbocycles. The van der Waals surface area contributed by atoms with E-state index in [9.17, 15) is 9.59 Å². The normalized spacial score (nSPS) is 10.5.